The summed E-state index contributed by atoms with van der Waals surface area (Å²) in [6.07, 6.45) is 2.27. The molecule has 5 aromatic rings. The smallest absolute Gasteiger partial charge is 0.232 e. The van der Waals surface area contributed by atoms with Crippen molar-refractivity contribution in [1.82, 2.24) is 14.4 Å². The van der Waals surface area contributed by atoms with Gasteiger partial charge in [-0.1, -0.05) is 53.8 Å². The van der Waals surface area contributed by atoms with Crippen LogP contribution in [0.3, 0.4) is 0 Å². The molecule has 3 heterocycles. The fourth-order valence-corrected chi connectivity index (χ4v) is 5.01. The zero-order valence-corrected chi connectivity index (χ0v) is 16.7. The Morgan fingerprint density at radius 2 is 1.96 bits per heavy atom. The molecule has 138 valence electrons. The van der Waals surface area contributed by atoms with Crippen molar-refractivity contribution in [2.75, 3.05) is 5.32 Å². The molecule has 0 radical (unpaired) electrons. The number of rotatable bonds is 4. The number of thiazole rings is 2. The van der Waals surface area contributed by atoms with Gasteiger partial charge in [0.05, 0.1) is 22.3 Å². The third-order valence-corrected chi connectivity index (χ3v) is 6.39. The number of hydrogen-bond acceptors (Lipinski definition) is 5. The van der Waals surface area contributed by atoms with Crippen molar-refractivity contribution < 1.29 is 4.79 Å². The zero-order chi connectivity index (χ0) is 19.1. The van der Waals surface area contributed by atoms with Crippen molar-refractivity contribution in [1.29, 1.82) is 0 Å². The molecule has 7 heteroatoms. The molecule has 0 unspecified atom stereocenters. The highest BCUT2D eigenvalue weighted by atomic mass is 32.1. The van der Waals surface area contributed by atoms with Gasteiger partial charge in [0.15, 0.2) is 10.1 Å². The van der Waals surface area contributed by atoms with E-state index in [0.29, 0.717) is 5.13 Å². The average Bonchev–Trinajstić information content (AvgIpc) is 3.38. The van der Waals surface area contributed by atoms with Gasteiger partial charge in [-0.15, -0.1) is 11.3 Å². The monoisotopic (exact) mass is 404 g/mol. The minimum Gasteiger partial charge on any atom is -0.302 e. The van der Waals surface area contributed by atoms with Gasteiger partial charge in [0.2, 0.25) is 5.91 Å². The van der Waals surface area contributed by atoms with Crippen LogP contribution in [0.4, 0.5) is 5.13 Å². The van der Waals surface area contributed by atoms with E-state index in [9.17, 15) is 4.79 Å². The molecule has 0 saturated heterocycles. The molecule has 0 fully saturated rings. The number of amides is 1. The second-order valence-electron chi connectivity index (χ2n) is 6.54. The van der Waals surface area contributed by atoms with E-state index in [-0.39, 0.29) is 12.3 Å². The fraction of sp³-hybridized carbons (Fsp3) is 0.0952. The van der Waals surface area contributed by atoms with Gasteiger partial charge in [-0.2, -0.15) is 0 Å². The third-order valence-electron chi connectivity index (χ3n) is 4.56. The van der Waals surface area contributed by atoms with Crippen LogP contribution in [0.15, 0.2) is 60.1 Å². The Bertz CT molecular complexity index is 1300. The van der Waals surface area contributed by atoms with E-state index in [1.165, 1.54) is 11.3 Å². The summed E-state index contributed by atoms with van der Waals surface area (Å²) in [5, 5.41) is 5.56. The summed E-state index contributed by atoms with van der Waals surface area (Å²) in [5.41, 5.74) is 4.96. The van der Waals surface area contributed by atoms with Crippen LogP contribution in [0.1, 0.15) is 11.3 Å². The quantitative estimate of drug-likeness (QED) is 0.450. The Hall–Kier alpha value is -3.03. The Balaban J connectivity index is 1.37. The first-order chi connectivity index (χ1) is 13.7. The van der Waals surface area contributed by atoms with E-state index in [1.54, 1.807) is 11.3 Å². The summed E-state index contributed by atoms with van der Waals surface area (Å²) < 4.78 is 3.07. The molecular weight excluding hydrogens is 388 g/mol. The number of para-hydroxylation sites is 1. The molecule has 0 aliphatic heterocycles. The van der Waals surface area contributed by atoms with Gasteiger partial charge in [0.25, 0.3) is 0 Å². The molecular formula is C21H16N4OS2. The second kappa shape index (κ2) is 6.85. The molecule has 0 atom stereocenters. The molecule has 0 aliphatic carbocycles. The summed E-state index contributed by atoms with van der Waals surface area (Å²) >= 11 is 3.04. The number of fused-ring (bicyclic) bond motifs is 2. The number of benzene rings is 2. The van der Waals surface area contributed by atoms with Crippen molar-refractivity contribution in [3.63, 3.8) is 0 Å². The molecule has 0 aliphatic rings. The van der Waals surface area contributed by atoms with Crippen LogP contribution in [-0.2, 0) is 11.2 Å². The SMILES string of the molecule is Cc1cccc2sc(NC(=O)Cc3csc4nc(-c5ccccc5)cn34)nc12. The van der Waals surface area contributed by atoms with E-state index in [1.807, 2.05) is 71.4 Å². The molecule has 5 nitrogen and oxygen atoms in total. The highest BCUT2D eigenvalue weighted by molar-refractivity contribution is 7.22. The van der Waals surface area contributed by atoms with E-state index in [0.717, 1.165) is 37.7 Å². The maximum Gasteiger partial charge on any atom is 0.232 e. The molecule has 2 aromatic carbocycles. The van der Waals surface area contributed by atoms with Crippen molar-refractivity contribution in [3.8, 4) is 11.3 Å². The Morgan fingerprint density at radius 1 is 1.11 bits per heavy atom. The lowest BCUT2D eigenvalue weighted by Gasteiger charge is -2.01. The maximum atomic E-state index is 12.6. The molecule has 5 rings (SSSR count). The van der Waals surface area contributed by atoms with Gasteiger partial charge in [0.1, 0.15) is 0 Å². The maximum absolute atomic E-state index is 12.6. The summed E-state index contributed by atoms with van der Waals surface area (Å²) in [7, 11) is 0. The number of nitrogens with zero attached hydrogens (tertiary/aromatic N) is 3. The molecule has 3 aromatic heterocycles. The Kier molecular flexibility index (Phi) is 4.18. The van der Waals surface area contributed by atoms with E-state index in [4.69, 9.17) is 0 Å². The Labute approximate surface area is 169 Å². The van der Waals surface area contributed by atoms with Crippen LogP contribution in [0.25, 0.3) is 26.4 Å². The molecule has 0 bridgehead atoms. The molecule has 0 spiro atoms. The van der Waals surface area contributed by atoms with Gasteiger partial charge in [0, 0.05) is 22.8 Å². The number of aryl methyl sites for hydroxylation is 1. The lowest BCUT2D eigenvalue weighted by molar-refractivity contribution is -0.115. The van der Waals surface area contributed by atoms with Gasteiger partial charge in [-0.25, -0.2) is 9.97 Å². The predicted molar refractivity (Wildman–Crippen MR) is 115 cm³/mol. The van der Waals surface area contributed by atoms with Crippen LogP contribution in [0, 0.1) is 6.92 Å². The van der Waals surface area contributed by atoms with Crippen LogP contribution in [0.5, 0.6) is 0 Å². The van der Waals surface area contributed by atoms with Gasteiger partial charge < -0.3 is 5.32 Å². The van der Waals surface area contributed by atoms with Gasteiger partial charge >= 0.3 is 0 Å². The lowest BCUT2D eigenvalue weighted by Crippen LogP contribution is -2.15. The van der Waals surface area contributed by atoms with E-state index in [2.05, 4.69) is 15.3 Å². The van der Waals surface area contributed by atoms with Crippen LogP contribution in [-0.4, -0.2) is 20.3 Å². The zero-order valence-electron chi connectivity index (χ0n) is 15.0. The number of anilines is 1. The lowest BCUT2D eigenvalue weighted by atomic mass is 10.2. The third kappa shape index (κ3) is 3.08. The van der Waals surface area contributed by atoms with Crippen molar-refractivity contribution >= 4 is 48.9 Å². The highest BCUT2D eigenvalue weighted by Crippen LogP contribution is 2.28. The first kappa shape index (κ1) is 17.1. The molecule has 1 N–H and O–H groups in total. The minimum atomic E-state index is -0.0774. The Morgan fingerprint density at radius 3 is 2.79 bits per heavy atom. The standard InChI is InChI=1S/C21H16N4OS2/c1-13-6-5-9-17-19(13)24-20(28-17)23-18(26)10-15-12-27-21-22-16(11-25(15)21)14-7-3-2-4-8-14/h2-9,11-12H,10H2,1H3,(H,23,24,26). The van der Waals surface area contributed by atoms with E-state index >= 15 is 0 Å². The predicted octanol–water partition coefficient (Wildman–Crippen LogP) is 5.16. The highest BCUT2D eigenvalue weighted by Gasteiger charge is 2.14. The normalized spacial score (nSPS) is 11.3. The summed E-state index contributed by atoms with van der Waals surface area (Å²) in [6.45, 7) is 2.03. The number of hydrogen-bond donors (Lipinski definition) is 1. The van der Waals surface area contributed by atoms with Crippen LogP contribution >= 0.6 is 22.7 Å². The first-order valence-corrected chi connectivity index (χ1v) is 10.5. The first-order valence-electron chi connectivity index (χ1n) is 8.84. The van der Waals surface area contributed by atoms with Gasteiger partial charge in [-0.3, -0.25) is 9.20 Å². The van der Waals surface area contributed by atoms with Crippen LogP contribution < -0.4 is 5.32 Å². The largest absolute Gasteiger partial charge is 0.302 e. The summed E-state index contributed by atoms with van der Waals surface area (Å²) in [5.74, 6) is -0.0774. The number of imidazole rings is 1. The van der Waals surface area contributed by atoms with Gasteiger partial charge in [-0.05, 0) is 18.6 Å². The molecule has 0 saturated carbocycles. The number of aromatic nitrogens is 3. The minimum absolute atomic E-state index is 0.0774. The van der Waals surface area contributed by atoms with Crippen LogP contribution in [0.2, 0.25) is 0 Å². The number of carbonyl (C=O) groups excluding carboxylic acids is 1. The van der Waals surface area contributed by atoms with Crippen molar-refractivity contribution in [2.24, 2.45) is 0 Å². The molecule has 28 heavy (non-hydrogen) atoms. The second-order valence-corrected chi connectivity index (χ2v) is 8.40. The fourth-order valence-electron chi connectivity index (χ4n) is 3.17. The average molecular weight is 405 g/mol. The number of nitrogens with one attached hydrogen (secondary N) is 1. The topological polar surface area (TPSA) is 59.3 Å². The van der Waals surface area contributed by atoms with E-state index < -0.39 is 0 Å². The summed E-state index contributed by atoms with van der Waals surface area (Å²) in [6, 6.07) is 16.1. The number of carbonyl (C=O) groups is 1. The molecule has 1 amide bonds. The van der Waals surface area contributed by atoms with Crippen molar-refractivity contribution in [3.05, 3.63) is 71.4 Å². The summed E-state index contributed by atoms with van der Waals surface area (Å²) in [4.78, 5) is 22.7. The van der Waals surface area contributed by atoms with Crippen molar-refractivity contribution in [2.45, 2.75) is 13.3 Å².